The average Bonchev–Trinajstić information content (AvgIpc) is 3.33. The second-order valence-electron chi connectivity index (χ2n) is 6.27. The van der Waals surface area contributed by atoms with Gasteiger partial charge in [0.25, 0.3) is 0 Å². The number of hydrogen-bond acceptors (Lipinski definition) is 4. The van der Waals surface area contributed by atoms with E-state index in [-0.39, 0.29) is 5.91 Å². The van der Waals surface area contributed by atoms with Gasteiger partial charge < -0.3 is 15.6 Å². The fourth-order valence-electron chi connectivity index (χ4n) is 3.01. The van der Waals surface area contributed by atoms with Crippen molar-refractivity contribution in [3.05, 3.63) is 76.7 Å². The number of carbonyl (C=O) groups excluding carboxylic acids is 1. The molecule has 0 spiro atoms. The molecule has 1 amide bonds. The first-order valence-electron chi connectivity index (χ1n) is 8.85. The first kappa shape index (κ1) is 17.3. The lowest BCUT2D eigenvalue weighted by Crippen LogP contribution is -2.14. The molecule has 0 bridgehead atoms. The van der Waals surface area contributed by atoms with Gasteiger partial charge in [0.05, 0.1) is 18.3 Å². The number of H-pyrrole nitrogens is 1. The zero-order chi connectivity index (χ0) is 18.5. The van der Waals surface area contributed by atoms with Crippen molar-refractivity contribution < 1.29 is 4.79 Å². The molecule has 3 N–H and O–H groups in total. The zero-order valence-electron chi connectivity index (χ0n) is 14.7. The third-order valence-corrected chi connectivity index (χ3v) is 5.21. The number of anilines is 2. The number of fused-ring (bicyclic) bond motifs is 1. The quantitative estimate of drug-likeness (QED) is 0.446. The Balaban J connectivity index is 1.28. The molecule has 0 atom stereocenters. The molecule has 0 aliphatic heterocycles. The van der Waals surface area contributed by atoms with Crippen molar-refractivity contribution in [3.63, 3.8) is 0 Å². The molecular weight excluding hydrogens is 356 g/mol. The molecule has 6 heteroatoms. The van der Waals surface area contributed by atoms with Crippen LogP contribution >= 0.6 is 11.3 Å². The molecule has 0 fully saturated rings. The molecule has 5 nitrogen and oxygen atoms in total. The van der Waals surface area contributed by atoms with Gasteiger partial charge >= 0.3 is 0 Å². The molecule has 0 radical (unpaired) electrons. The maximum absolute atomic E-state index is 12.0. The van der Waals surface area contributed by atoms with Gasteiger partial charge in [0.1, 0.15) is 5.82 Å². The van der Waals surface area contributed by atoms with Crippen molar-refractivity contribution >= 4 is 39.7 Å². The third kappa shape index (κ3) is 4.35. The van der Waals surface area contributed by atoms with Gasteiger partial charge in [-0.05, 0) is 41.6 Å². The second kappa shape index (κ2) is 8.05. The van der Waals surface area contributed by atoms with Crippen LogP contribution in [0.2, 0.25) is 0 Å². The molecule has 0 aliphatic rings. The van der Waals surface area contributed by atoms with Crippen molar-refractivity contribution in [2.45, 2.75) is 12.8 Å². The number of thiophene rings is 1. The number of amides is 1. The second-order valence-corrected chi connectivity index (χ2v) is 7.30. The van der Waals surface area contributed by atoms with Crippen LogP contribution in [0.4, 0.5) is 11.5 Å². The van der Waals surface area contributed by atoms with Crippen molar-refractivity contribution in [2.24, 2.45) is 0 Å². The van der Waals surface area contributed by atoms with Gasteiger partial charge in [0, 0.05) is 28.5 Å². The minimum absolute atomic E-state index is 0.0284. The maximum atomic E-state index is 12.0. The average molecular weight is 376 g/mol. The normalized spacial score (nSPS) is 10.8. The van der Waals surface area contributed by atoms with Crippen LogP contribution in [0.1, 0.15) is 10.4 Å². The van der Waals surface area contributed by atoms with Gasteiger partial charge in [0.2, 0.25) is 5.91 Å². The van der Waals surface area contributed by atoms with Crippen LogP contribution < -0.4 is 10.6 Å². The van der Waals surface area contributed by atoms with E-state index in [0.717, 1.165) is 29.2 Å². The molecule has 4 aromatic rings. The monoisotopic (exact) mass is 376 g/mol. The van der Waals surface area contributed by atoms with E-state index in [0.29, 0.717) is 12.1 Å². The van der Waals surface area contributed by atoms with E-state index in [4.69, 9.17) is 0 Å². The molecule has 3 aromatic heterocycles. The van der Waals surface area contributed by atoms with Crippen LogP contribution in [0.5, 0.6) is 0 Å². The van der Waals surface area contributed by atoms with E-state index in [2.05, 4.69) is 45.0 Å². The summed E-state index contributed by atoms with van der Waals surface area (Å²) in [5.41, 5.74) is 3.16. The van der Waals surface area contributed by atoms with Gasteiger partial charge in [-0.3, -0.25) is 4.79 Å². The van der Waals surface area contributed by atoms with Crippen molar-refractivity contribution in [2.75, 3.05) is 17.2 Å². The first-order chi connectivity index (χ1) is 13.3. The minimum Gasteiger partial charge on any atom is -0.370 e. The molecule has 27 heavy (non-hydrogen) atoms. The van der Waals surface area contributed by atoms with E-state index in [1.54, 1.807) is 17.5 Å². The Morgan fingerprint density at radius 1 is 1.11 bits per heavy atom. The Labute approximate surface area is 161 Å². The predicted molar refractivity (Wildman–Crippen MR) is 111 cm³/mol. The lowest BCUT2D eigenvalue weighted by molar-refractivity contribution is -0.115. The fourth-order valence-corrected chi connectivity index (χ4v) is 3.72. The molecule has 4 rings (SSSR count). The van der Waals surface area contributed by atoms with E-state index in [1.807, 2.05) is 35.7 Å². The molecule has 0 aliphatic carbocycles. The van der Waals surface area contributed by atoms with Gasteiger partial charge in [-0.25, -0.2) is 4.98 Å². The highest BCUT2D eigenvalue weighted by Crippen LogP contribution is 2.18. The summed E-state index contributed by atoms with van der Waals surface area (Å²) in [4.78, 5) is 20.8. The van der Waals surface area contributed by atoms with E-state index in [9.17, 15) is 4.79 Å². The lowest BCUT2D eigenvalue weighted by Gasteiger charge is -2.07. The van der Waals surface area contributed by atoms with Crippen LogP contribution in [0.3, 0.4) is 0 Å². The smallest absolute Gasteiger partial charge is 0.229 e. The summed E-state index contributed by atoms with van der Waals surface area (Å²) < 4.78 is 0. The highest BCUT2D eigenvalue weighted by atomic mass is 32.1. The number of aromatic amines is 1. The largest absolute Gasteiger partial charge is 0.370 e. The number of para-hydroxylation sites is 1. The SMILES string of the molecule is O=C(Cc1cccs1)Nc1ccc(NCCc2c[nH]c3ccccc23)nc1. The first-order valence-corrected chi connectivity index (χ1v) is 9.73. The number of pyridine rings is 1. The number of carbonyl (C=O) groups is 1. The number of hydrogen-bond donors (Lipinski definition) is 3. The summed E-state index contributed by atoms with van der Waals surface area (Å²) in [6.07, 6.45) is 5.04. The lowest BCUT2D eigenvalue weighted by atomic mass is 10.1. The highest BCUT2D eigenvalue weighted by molar-refractivity contribution is 7.10. The molecule has 0 saturated heterocycles. The molecule has 136 valence electrons. The summed E-state index contributed by atoms with van der Waals surface area (Å²) in [5, 5.41) is 9.44. The van der Waals surface area contributed by atoms with Gasteiger partial charge in [-0.15, -0.1) is 11.3 Å². The van der Waals surface area contributed by atoms with E-state index < -0.39 is 0 Å². The topological polar surface area (TPSA) is 69.8 Å². The molecule has 3 heterocycles. The predicted octanol–water partition coefficient (Wildman–Crippen LogP) is 4.46. The molecule has 0 saturated carbocycles. The van der Waals surface area contributed by atoms with Crippen LogP contribution in [0.15, 0.2) is 66.3 Å². The van der Waals surface area contributed by atoms with E-state index >= 15 is 0 Å². The fraction of sp³-hybridized carbons (Fsp3) is 0.143. The standard InChI is InChI=1S/C21H20N4OS/c26-21(12-17-4-3-11-27-17)25-16-7-8-20(24-14-16)22-10-9-15-13-23-19-6-2-1-5-18(15)19/h1-8,11,13-14,23H,9-10,12H2,(H,22,24)(H,25,26). The highest BCUT2D eigenvalue weighted by Gasteiger charge is 2.06. The Kier molecular flexibility index (Phi) is 5.16. The maximum Gasteiger partial charge on any atom is 0.229 e. The van der Waals surface area contributed by atoms with Crippen molar-refractivity contribution in [1.29, 1.82) is 0 Å². The molecule has 1 aromatic carbocycles. The number of benzene rings is 1. The zero-order valence-corrected chi connectivity index (χ0v) is 15.6. The summed E-state index contributed by atoms with van der Waals surface area (Å²) >= 11 is 1.58. The van der Waals surface area contributed by atoms with Crippen molar-refractivity contribution in [3.8, 4) is 0 Å². The van der Waals surface area contributed by atoms with Crippen molar-refractivity contribution in [1.82, 2.24) is 9.97 Å². The minimum atomic E-state index is -0.0284. The Bertz CT molecular complexity index is 1020. The summed E-state index contributed by atoms with van der Waals surface area (Å²) in [6, 6.07) is 16.0. The molecular formula is C21H20N4OS. The Morgan fingerprint density at radius 3 is 2.85 bits per heavy atom. The van der Waals surface area contributed by atoms with Crippen LogP contribution in [0.25, 0.3) is 10.9 Å². The summed E-state index contributed by atoms with van der Waals surface area (Å²) in [5.74, 6) is 0.769. The number of nitrogens with zero attached hydrogens (tertiary/aromatic N) is 1. The van der Waals surface area contributed by atoms with Crippen LogP contribution in [-0.4, -0.2) is 22.4 Å². The van der Waals surface area contributed by atoms with Gasteiger partial charge in [0.15, 0.2) is 0 Å². The summed E-state index contributed by atoms with van der Waals surface area (Å²) in [6.45, 7) is 0.791. The van der Waals surface area contributed by atoms with Gasteiger partial charge in [-0.2, -0.15) is 0 Å². The van der Waals surface area contributed by atoms with E-state index in [1.165, 1.54) is 10.9 Å². The third-order valence-electron chi connectivity index (χ3n) is 4.34. The number of aromatic nitrogens is 2. The summed E-state index contributed by atoms with van der Waals surface area (Å²) in [7, 11) is 0. The van der Waals surface area contributed by atoms with Crippen LogP contribution in [0, 0.1) is 0 Å². The Morgan fingerprint density at radius 2 is 2.04 bits per heavy atom. The Hall–Kier alpha value is -3.12. The van der Waals surface area contributed by atoms with Gasteiger partial charge in [-0.1, -0.05) is 24.3 Å². The number of nitrogens with one attached hydrogen (secondary N) is 3. The number of rotatable bonds is 7. The van der Waals surface area contributed by atoms with Crippen LogP contribution in [-0.2, 0) is 17.6 Å². The molecule has 0 unspecified atom stereocenters.